The van der Waals surface area contributed by atoms with Gasteiger partial charge in [-0.05, 0) is 48.9 Å². The molecular weight excluding hydrogens is 365 g/mol. The summed E-state index contributed by atoms with van der Waals surface area (Å²) in [7, 11) is -3.82. The summed E-state index contributed by atoms with van der Waals surface area (Å²) in [5, 5.41) is 4.33. The summed E-state index contributed by atoms with van der Waals surface area (Å²) in [6.45, 7) is 1.72. The summed E-state index contributed by atoms with van der Waals surface area (Å²) in [5.41, 5.74) is 1.52. The number of benzene rings is 1. The molecule has 0 saturated heterocycles. The van der Waals surface area contributed by atoms with Crippen molar-refractivity contribution in [3.63, 3.8) is 0 Å². The van der Waals surface area contributed by atoms with Crippen LogP contribution in [0.25, 0.3) is 11.1 Å². The van der Waals surface area contributed by atoms with Crippen LogP contribution in [0.3, 0.4) is 0 Å². The Morgan fingerprint density at radius 3 is 3.04 bits per heavy atom. The third-order valence-corrected chi connectivity index (χ3v) is 6.67. The molecule has 0 fully saturated rings. The van der Waals surface area contributed by atoms with Crippen LogP contribution in [0.1, 0.15) is 23.7 Å². The van der Waals surface area contributed by atoms with E-state index < -0.39 is 16.1 Å². The van der Waals surface area contributed by atoms with Crippen LogP contribution in [0.4, 0.5) is 4.39 Å². The van der Waals surface area contributed by atoms with Crippen molar-refractivity contribution in [2.75, 3.05) is 5.75 Å². The molecule has 0 radical (unpaired) electrons. The average Bonchev–Trinajstić information content (AvgIpc) is 2.96. The number of nitrogens with zero attached hydrogens (tertiary/aromatic N) is 2. The second-order valence-corrected chi connectivity index (χ2v) is 8.64. The summed E-state index contributed by atoms with van der Waals surface area (Å²) < 4.78 is 46.8. The van der Waals surface area contributed by atoms with Crippen LogP contribution < -0.4 is 4.72 Å². The molecule has 1 aliphatic heterocycles. The molecule has 130 valence electrons. The molecule has 3 heterocycles. The van der Waals surface area contributed by atoms with Gasteiger partial charge in [-0.1, -0.05) is 5.16 Å². The molecule has 0 bridgehead atoms. The maximum absolute atomic E-state index is 13.6. The van der Waals surface area contributed by atoms with Crippen LogP contribution in [0, 0.1) is 12.7 Å². The minimum Gasteiger partial charge on any atom is -0.336 e. The molecule has 4 rings (SSSR count). The highest BCUT2D eigenvalue weighted by Crippen LogP contribution is 2.37. The van der Waals surface area contributed by atoms with E-state index in [-0.39, 0.29) is 16.4 Å². The number of pyridine rings is 1. The van der Waals surface area contributed by atoms with Crippen LogP contribution in [-0.2, 0) is 10.0 Å². The number of aryl methyl sites for hydroxylation is 1. The van der Waals surface area contributed by atoms with E-state index in [4.69, 9.17) is 4.52 Å². The van der Waals surface area contributed by atoms with E-state index >= 15 is 0 Å². The molecule has 1 aromatic carbocycles. The summed E-state index contributed by atoms with van der Waals surface area (Å²) in [4.78, 5) is 4.93. The van der Waals surface area contributed by atoms with Crippen molar-refractivity contribution in [2.45, 2.75) is 29.2 Å². The van der Waals surface area contributed by atoms with Crippen LogP contribution in [0.2, 0.25) is 0 Å². The minimum absolute atomic E-state index is 0.0301. The maximum Gasteiger partial charge on any atom is 0.257 e. The first-order chi connectivity index (χ1) is 11.9. The number of halogens is 1. The molecule has 9 heteroatoms. The molecule has 2 aromatic heterocycles. The van der Waals surface area contributed by atoms with Crippen LogP contribution in [-0.4, -0.2) is 24.3 Å². The Balaban J connectivity index is 1.70. The van der Waals surface area contributed by atoms with Gasteiger partial charge in [-0.2, -0.15) is 0 Å². The van der Waals surface area contributed by atoms with E-state index in [2.05, 4.69) is 14.9 Å². The second-order valence-electron chi connectivity index (χ2n) is 5.78. The maximum atomic E-state index is 13.6. The zero-order valence-corrected chi connectivity index (χ0v) is 14.8. The van der Waals surface area contributed by atoms with Gasteiger partial charge in [-0.3, -0.25) is 0 Å². The first-order valence-electron chi connectivity index (χ1n) is 7.61. The fraction of sp³-hybridized carbons (Fsp3) is 0.250. The average molecular weight is 379 g/mol. The lowest BCUT2D eigenvalue weighted by molar-refractivity contribution is 0.442. The highest BCUT2D eigenvalue weighted by Gasteiger charge is 2.27. The third-order valence-electron chi connectivity index (χ3n) is 4.10. The number of rotatable bonds is 3. The largest absolute Gasteiger partial charge is 0.336 e. The highest BCUT2D eigenvalue weighted by molar-refractivity contribution is 7.99. The molecule has 0 saturated carbocycles. The molecular formula is C16H14FN3O3S2. The SMILES string of the molecule is Cc1noc2ncc(S(=O)(=O)N[C@H]3CCSc4ccc(F)cc43)cc12. The second kappa shape index (κ2) is 6.08. The van der Waals surface area contributed by atoms with E-state index in [1.807, 2.05) is 0 Å². The topological polar surface area (TPSA) is 85.1 Å². The minimum atomic E-state index is -3.82. The van der Waals surface area contributed by atoms with Gasteiger partial charge in [0, 0.05) is 10.9 Å². The number of fused-ring (bicyclic) bond motifs is 2. The molecule has 1 atom stereocenters. The van der Waals surface area contributed by atoms with Crippen LogP contribution in [0.15, 0.2) is 44.8 Å². The number of thioether (sulfide) groups is 1. The van der Waals surface area contributed by atoms with Gasteiger partial charge in [-0.25, -0.2) is 22.5 Å². The van der Waals surface area contributed by atoms with Gasteiger partial charge in [0.2, 0.25) is 10.0 Å². The van der Waals surface area contributed by atoms with Gasteiger partial charge in [0.05, 0.1) is 17.3 Å². The summed E-state index contributed by atoms with van der Waals surface area (Å²) in [6.07, 6.45) is 1.82. The third kappa shape index (κ3) is 3.03. The van der Waals surface area contributed by atoms with Gasteiger partial charge >= 0.3 is 0 Å². The molecule has 1 N–H and O–H groups in total. The molecule has 25 heavy (non-hydrogen) atoms. The standard InChI is InChI=1S/C16H14FN3O3S2/c1-9-12-7-11(8-18-16(12)23-19-9)25(21,22)20-14-4-5-24-15-3-2-10(17)6-13(14)15/h2-3,6-8,14,20H,4-5H2,1H3/t14-/m0/s1. The predicted octanol–water partition coefficient (Wildman–Crippen LogP) is 3.19. The van der Waals surface area contributed by atoms with Crippen molar-refractivity contribution in [1.29, 1.82) is 0 Å². The highest BCUT2D eigenvalue weighted by atomic mass is 32.2. The lowest BCUT2D eigenvalue weighted by Gasteiger charge is -2.25. The number of sulfonamides is 1. The molecule has 0 amide bonds. The van der Waals surface area contributed by atoms with E-state index in [0.717, 1.165) is 10.6 Å². The van der Waals surface area contributed by atoms with Crippen molar-refractivity contribution in [1.82, 2.24) is 14.9 Å². The van der Waals surface area contributed by atoms with Gasteiger partial charge in [0.25, 0.3) is 5.71 Å². The Bertz CT molecular complexity index is 1070. The van der Waals surface area contributed by atoms with Crippen molar-refractivity contribution < 1.29 is 17.3 Å². The van der Waals surface area contributed by atoms with Gasteiger partial charge in [-0.15, -0.1) is 11.8 Å². The Labute approximate surface area is 147 Å². The Morgan fingerprint density at radius 2 is 2.20 bits per heavy atom. The predicted molar refractivity (Wildman–Crippen MR) is 91.3 cm³/mol. The van der Waals surface area contributed by atoms with Crippen molar-refractivity contribution in [3.8, 4) is 0 Å². The summed E-state index contributed by atoms with van der Waals surface area (Å²) in [5.74, 6) is 0.377. The zero-order valence-electron chi connectivity index (χ0n) is 13.2. The normalized spacial score (nSPS) is 17.6. The van der Waals surface area contributed by atoms with Gasteiger partial charge in [0.1, 0.15) is 10.7 Å². The smallest absolute Gasteiger partial charge is 0.257 e. The Hall–Kier alpha value is -1.97. The van der Waals surface area contributed by atoms with Crippen LogP contribution in [0.5, 0.6) is 0 Å². The van der Waals surface area contributed by atoms with E-state index in [0.29, 0.717) is 23.1 Å². The van der Waals surface area contributed by atoms with Crippen molar-refractivity contribution in [2.24, 2.45) is 0 Å². The monoisotopic (exact) mass is 379 g/mol. The molecule has 6 nitrogen and oxygen atoms in total. The Morgan fingerprint density at radius 1 is 1.36 bits per heavy atom. The first kappa shape index (κ1) is 16.5. The van der Waals surface area contributed by atoms with Gasteiger partial charge < -0.3 is 4.52 Å². The summed E-state index contributed by atoms with van der Waals surface area (Å²) in [6, 6.07) is 5.47. The summed E-state index contributed by atoms with van der Waals surface area (Å²) >= 11 is 1.59. The number of hydrogen-bond donors (Lipinski definition) is 1. The lowest BCUT2D eigenvalue weighted by atomic mass is 10.0. The fourth-order valence-electron chi connectivity index (χ4n) is 2.82. The first-order valence-corrected chi connectivity index (χ1v) is 10.1. The van der Waals surface area contributed by atoms with Crippen LogP contribution >= 0.6 is 11.8 Å². The quantitative estimate of drug-likeness (QED) is 0.752. The Kier molecular flexibility index (Phi) is 4.01. The number of aromatic nitrogens is 2. The number of nitrogens with one attached hydrogen (secondary N) is 1. The fourth-order valence-corrected chi connectivity index (χ4v) is 5.14. The molecule has 0 aliphatic carbocycles. The molecule has 1 aliphatic rings. The van der Waals surface area contributed by atoms with Crippen molar-refractivity contribution >= 4 is 32.9 Å². The van der Waals surface area contributed by atoms with Gasteiger partial charge in [0.15, 0.2) is 0 Å². The molecule has 0 unspecified atom stereocenters. The zero-order chi connectivity index (χ0) is 17.6. The van der Waals surface area contributed by atoms with E-state index in [1.165, 1.54) is 24.4 Å². The van der Waals surface area contributed by atoms with Crippen molar-refractivity contribution in [3.05, 3.63) is 47.5 Å². The van der Waals surface area contributed by atoms with E-state index in [1.54, 1.807) is 24.8 Å². The molecule has 0 spiro atoms. The van der Waals surface area contributed by atoms with E-state index in [9.17, 15) is 12.8 Å². The molecule has 3 aromatic rings. The lowest BCUT2D eigenvalue weighted by Crippen LogP contribution is -2.31. The number of hydrogen-bond acceptors (Lipinski definition) is 6.